The van der Waals surface area contributed by atoms with Crippen LogP contribution in [-0.2, 0) is 11.3 Å². The Kier molecular flexibility index (Phi) is 6.17. The van der Waals surface area contributed by atoms with Gasteiger partial charge in [0.15, 0.2) is 0 Å². The molecule has 0 spiro atoms. The minimum absolute atomic E-state index is 0.233. The lowest BCUT2D eigenvalue weighted by molar-refractivity contribution is -0.129. The number of anilines is 1. The van der Waals surface area contributed by atoms with Gasteiger partial charge in [-0.15, -0.1) is 0 Å². The summed E-state index contributed by atoms with van der Waals surface area (Å²) in [6, 6.07) is 8.29. The van der Waals surface area contributed by atoms with Crippen LogP contribution in [0, 0.1) is 11.8 Å². The first-order valence-corrected chi connectivity index (χ1v) is 9.83. The lowest BCUT2D eigenvalue weighted by Gasteiger charge is -2.28. The summed E-state index contributed by atoms with van der Waals surface area (Å²) in [5.41, 5.74) is 2.35. The highest BCUT2D eigenvalue weighted by Crippen LogP contribution is 2.31. The topological polar surface area (TPSA) is 32.3 Å². The Morgan fingerprint density at radius 2 is 1.92 bits per heavy atom. The first-order valence-electron chi connectivity index (χ1n) is 9.83. The number of rotatable bonds is 4. The summed E-state index contributed by atoms with van der Waals surface area (Å²) in [5.74, 6) is 1.95. The van der Waals surface area contributed by atoms with Crippen molar-refractivity contribution in [2.24, 2.45) is 11.8 Å². The molecule has 1 aromatic carbocycles. The summed E-state index contributed by atoms with van der Waals surface area (Å²) in [7, 11) is 0. The molecule has 132 valence electrons. The number of nitrogens with one attached hydrogen (secondary N) is 1. The van der Waals surface area contributed by atoms with Crippen LogP contribution in [0.15, 0.2) is 24.3 Å². The largest absolute Gasteiger partial charge is 0.376 e. The second kappa shape index (κ2) is 8.55. The van der Waals surface area contributed by atoms with Crippen molar-refractivity contribution >= 4 is 11.6 Å². The van der Waals surface area contributed by atoms with Crippen LogP contribution in [0.25, 0.3) is 0 Å². The number of fused-ring (bicyclic) bond motifs is 1. The summed E-state index contributed by atoms with van der Waals surface area (Å²) in [6.07, 6.45) is 10.8. The molecule has 0 radical (unpaired) electrons. The average Bonchev–Trinajstić information content (AvgIpc) is 2.73. The zero-order chi connectivity index (χ0) is 16.8. The number of para-hydroxylation sites is 1. The summed E-state index contributed by atoms with van der Waals surface area (Å²) < 4.78 is 0. The molecule has 2 atom stereocenters. The smallest absolute Gasteiger partial charge is 0.242 e. The maximum atomic E-state index is 12.4. The van der Waals surface area contributed by atoms with Crippen molar-refractivity contribution in [3.8, 4) is 0 Å². The van der Waals surface area contributed by atoms with Gasteiger partial charge >= 0.3 is 0 Å². The van der Waals surface area contributed by atoms with Gasteiger partial charge in [0, 0.05) is 18.8 Å². The molecule has 1 aromatic rings. The molecule has 1 saturated carbocycles. The second-order valence-electron chi connectivity index (χ2n) is 7.70. The molecule has 1 N–H and O–H groups in total. The van der Waals surface area contributed by atoms with Gasteiger partial charge in [-0.25, -0.2) is 0 Å². The number of carbonyl (C=O) groups excluding carboxylic acids is 1. The molecule has 0 bridgehead atoms. The van der Waals surface area contributed by atoms with Gasteiger partial charge in [-0.3, -0.25) is 4.79 Å². The van der Waals surface area contributed by atoms with E-state index in [4.69, 9.17) is 0 Å². The van der Waals surface area contributed by atoms with Crippen LogP contribution >= 0.6 is 0 Å². The first-order chi connectivity index (χ1) is 11.7. The minimum Gasteiger partial charge on any atom is -0.376 e. The quantitative estimate of drug-likeness (QED) is 0.859. The van der Waals surface area contributed by atoms with Crippen molar-refractivity contribution < 1.29 is 4.79 Å². The third-order valence-electron chi connectivity index (χ3n) is 5.95. The molecular formula is C21H32N2O. The Labute approximate surface area is 146 Å². The number of hydrogen-bond donors (Lipinski definition) is 1. The molecule has 1 aliphatic carbocycles. The van der Waals surface area contributed by atoms with E-state index in [0.717, 1.165) is 37.0 Å². The summed E-state index contributed by atoms with van der Waals surface area (Å²) in [6.45, 7) is 4.52. The zero-order valence-electron chi connectivity index (χ0n) is 15.1. The number of nitrogens with zero attached hydrogens (tertiary/aromatic N) is 1. The molecule has 0 saturated heterocycles. The van der Waals surface area contributed by atoms with Gasteiger partial charge in [0.1, 0.15) is 0 Å². The van der Waals surface area contributed by atoms with E-state index >= 15 is 0 Å². The van der Waals surface area contributed by atoms with Crippen LogP contribution in [0.2, 0.25) is 0 Å². The van der Waals surface area contributed by atoms with E-state index in [2.05, 4.69) is 30.4 Å². The lowest BCUT2D eigenvalue weighted by Crippen LogP contribution is -2.34. The number of amides is 1. The van der Waals surface area contributed by atoms with Gasteiger partial charge in [0.25, 0.3) is 0 Å². The van der Waals surface area contributed by atoms with Gasteiger partial charge in [-0.05, 0) is 36.3 Å². The highest BCUT2D eigenvalue weighted by atomic mass is 16.2. The monoisotopic (exact) mass is 328 g/mol. The van der Waals surface area contributed by atoms with Crippen molar-refractivity contribution in [3.05, 3.63) is 29.8 Å². The SMILES string of the molecule is CC1CCCCCCC1CCCN1Cc2ccccc2NCC1=O. The number of benzene rings is 1. The van der Waals surface area contributed by atoms with Gasteiger partial charge < -0.3 is 10.2 Å². The molecule has 1 aliphatic heterocycles. The molecular weight excluding hydrogens is 296 g/mol. The molecule has 2 aliphatic rings. The van der Waals surface area contributed by atoms with Crippen LogP contribution in [0.5, 0.6) is 0 Å². The second-order valence-corrected chi connectivity index (χ2v) is 7.70. The van der Waals surface area contributed by atoms with Crippen molar-refractivity contribution in [1.82, 2.24) is 4.90 Å². The van der Waals surface area contributed by atoms with Crippen molar-refractivity contribution in [1.29, 1.82) is 0 Å². The van der Waals surface area contributed by atoms with Gasteiger partial charge in [0.05, 0.1) is 6.54 Å². The first kappa shape index (κ1) is 17.3. The van der Waals surface area contributed by atoms with E-state index in [1.54, 1.807) is 0 Å². The zero-order valence-corrected chi connectivity index (χ0v) is 15.1. The van der Waals surface area contributed by atoms with Gasteiger partial charge in [-0.1, -0.05) is 63.6 Å². The molecule has 2 unspecified atom stereocenters. The minimum atomic E-state index is 0.233. The molecule has 3 heteroatoms. The molecule has 1 amide bonds. The van der Waals surface area contributed by atoms with Crippen molar-refractivity contribution in [2.75, 3.05) is 18.4 Å². The number of carbonyl (C=O) groups is 1. The average molecular weight is 329 g/mol. The van der Waals surface area contributed by atoms with Crippen LogP contribution in [0.3, 0.4) is 0 Å². The normalized spacial score (nSPS) is 25.2. The Morgan fingerprint density at radius 3 is 2.79 bits per heavy atom. The van der Waals surface area contributed by atoms with Gasteiger partial charge in [-0.2, -0.15) is 0 Å². The maximum absolute atomic E-state index is 12.4. The predicted octanol–water partition coefficient (Wildman–Crippen LogP) is 4.83. The Hall–Kier alpha value is -1.51. The van der Waals surface area contributed by atoms with E-state index in [1.165, 1.54) is 50.5 Å². The van der Waals surface area contributed by atoms with Crippen molar-refractivity contribution in [2.45, 2.75) is 64.8 Å². The van der Waals surface area contributed by atoms with Crippen LogP contribution in [-0.4, -0.2) is 23.9 Å². The third-order valence-corrected chi connectivity index (χ3v) is 5.95. The highest BCUT2D eigenvalue weighted by molar-refractivity contribution is 5.82. The highest BCUT2D eigenvalue weighted by Gasteiger charge is 2.22. The van der Waals surface area contributed by atoms with Crippen LogP contribution < -0.4 is 5.32 Å². The molecule has 3 rings (SSSR count). The van der Waals surface area contributed by atoms with Crippen LogP contribution in [0.1, 0.15) is 63.9 Å². The maximum Gasteiger partial charge on any atom is 0.242 e. The lowest BCUT2D eigenvalue weighted by atomic mass is 9.80. The van der Waals surface area contributed by atoms with E-state index in [1.807, 2.05) is 11.0 Å². The van der Waals surface area contributed by atoms with Crippen LogP contribution in [0.4, 0.5) is 5.69 Å². The summed E-state index contributed by atoms with van der Waals surface area (Å²) >= 11 is 0. The molecule has 24 heavy (non-hydrogen) atoms. The van der Waals surface area contributed by atoms with E-state index in [-0.39, 0.29) is 5.91 Å². The van der Waals surface area contributed by atoms with Crippen molar-refractivity contribution in [3.63, 3.8) is 0 Å². The predicted molar refractivity (Wildman–Crippen MR) is 99.9 cm³/mol. The van der Waals surface area contributed by atoms with E-state index in [9.17, 15) is 4.79 Å². The molecule has 1 heterocycles. The number of hydrogen-bond acceptors (Lipinski definition) is 2. The summed E-state index contributed by atoms with van der Waals surface area (Å²) in [4.78, 5) is 14.4. The standard InChI is InChI=1S/C21H32N2O/c1-17-9-4-2-3-5-10-18(17)12-8-14-23-16-19-11-6-7-13-20(19)22-15-21(23)24/h6-7,11,13,17-18,22H,2-5,8-10,12,14-16H2,1H3. The third kappa shape index (κ3) is 4.52. The Morgan fingerprint density at radius 1 is 1.12 bits per heavy atom. The fraction of sp³-hybridized carbons (Fsp3) is 0.667. The molecule has 1 fully saturated rings. The fourth-order valence-corrected chi connectivity index (χ4v) is 4.33. The van der Waals surface area contributed by atoms with Gasteiger partial charge in [0.2, 0.25) is 5.91 Å². The summed E-state index contributed by atoms with van der Waals surface area (Å²) in [5, 5.41) is 3.28. The van der Waals surface area contributed by atoms with E-state index < -0.39 is 0 Å². The Bertz CT molecular complexity index is 542. The Balaban J connectivity index is 1.52. The molecule has 3 nitrogen and oxygen atoms in total. The molecule has 0 aromatic heterocycles. The fourth-order valence-electron chi connectivity index (χ4n) is 4.33. The van der Waals surface area contributed by atoms with E-state index in [0.29, 0.717) is 6.54 Å².